The number of aliphatic hydroxyl groups excluding tert-OH is 1. The lowest BCUT2D eigenvalue weighted by Gasteiger charge is -2.36. The molecular weight excluding hydrogens is 450 g/mol. The molecule has 5 nitrogen and oxygen atoms in total. The second-order valence-corrected chi connectivity index (χ2v) is 8.61. The molecule has 0 bridgehead atoms. The van der Waals surface area contributed by atoms with Crippen LogP contribution in [0.25, 0.3) is 0 Å². The van der Waals surface area contributed by atoms with Crippen molar-refractivity contribution in [2.45, 2.75) is 25.2 Å². The van der Waals surface area contributed by atoms with Gasteiger partial charge in [-0.3, -0.25) is 10.1 Å². The molecule has 0 aliphatic rings. The largest absolute Gasteiger partial charge is 0.496 e. The minimum absolute atomic E-state index is 0.00719. The Kier molecular flexibility index (Phi) is 8.16. The molecule has 0 fully saturated rings. The van der Waals surface area contributed by atoms with Crippen molar-refractivity contribution in [2.75, 3.05) is 13.7 Å². The van der Waals surface area contributed by atoms with Gasteiger partial charge in [-0.25, -0.2) is 0 Å². The molecule has 0 spiro atoms. The Morgan fingerprint density at radius 2 is 1.33 bits per heavy atom. The third kappa shape index (κ3) is 5.48. The lowest BCUT2D eigenvalue weighted by Crippen LogP contribution is -2.47. The van der Waals surface area contributed by atoms with Gasteiger partial charge in [0.1, 0.15) is 12.4 Å². The van der Waals surface area contributed by atoms with E-state index >= 15 is 0 Å². The fourth-order valence-corrected chi connectivity index (χ4v) is 4.42. The molecule has 0 radical (unpaired) electrons. The zero-order valence-electron chi connectivity index (χ0n) is 20.6. The van der Waals surface area contributed by atoms with Crippen LogP contribution in [0.5, 0.6) is 5.75 Å². The SMILES string of the molecule is COc1cc(C(C)O)ccc1COC(=O)CNC(c1ccccc1)(c1ccccc1)c1ccccc1. The highest BCUT2D eigenvalue weighted by Crippen LogP contribution is 2.36. The minimum Gasteiger partial charge on any atom is -0.496 e. The summed E-state index contributed by atoms with van der Waals surface area (Å²) < 4.78 is 11.1. The summed E-state index contributed by atoms with van der Waals surface area (Å²) in [7, 11) is 1.56. The average Bonchev–Trinajstić information content (AvgIpc) is 2.94. The Bertz CT molecular complexity index is 1160. The summed E-state index contributed by atoms with van der Waals surface area (Å²) in [5.74, 6) is 0.185. The summed E-state index contributed by atoms with van der Waals surface area (Å²) in [6, 6.07) is 35.7. The van der Waals surface area contributed by atoms with Crippen LogP contribution in [0.4, 0.5) is 0 Å². The van der Waals surface area contributed by atoms with E-state index in [0.29, 0.717) is 5.75 Å². The van der Waals surface area contributed by atoms with Gasteiger partial charge in [0, 0.05) is 5.56 Å². The van der Waals surface area contributed by atoms with E-state index in [-0.39, 0.29) is 19.1 Å². The Labute approximate surface area is 212 Å². The molecule has 5 heteroatoms. The summed E-state index contributed by atoms with van der Waals surface area (Å²) >= 11 is 0. The van der Waals surface area contributed by atoms with E-state index in [1.165, 1.54) is 0 Å². The van der Waals surface area contributed by atoms with E-state index in [2.05, 4.69) is 41.7 Å². The lowest BCUT2D eigenvalue weighted by atomic mass is 9.77. The molecule has 0 amide bonds. The number of carbonyl (C=O) groups excluding carboxylic acids is 1. The number of rotatable bonds is 10. The maximum Gasteiger partial charge on any atom is 0.320 e. The quantitative estimate of drug-likeness (QED) is 0.235. The number of carbonyl (C=O) groups is 1. The zero-order chi connectivity index (χ0) is 25.4. The third-order valence-electron chi connectivity index (χ3n) is 6.30. The Morgan fingerprint density at radius 1 is 0.833 bits per heavy atom. The van der Waals surface area contributed by atoms with E-state index in [1.807, 2.05) is 60.7 Å². The molecule has 4 rings (SSSR count). The van der Waals surface area contributed by atoms with Crippen LogP contribution < -0.4 is 10.1 Å². The fourth-order valence-electron chi connectivity index (χ4n) is 4.42. The number of benzene rings is 4. The van der Waals surface area contributed by atoms with Crippen molar-refractivity contribution in [2.24, 2.45) is 0 Å². The van der Waals surface area contributed by atoms with E-state index < -0.39 is 11.6 Å². The van der Waals surface area contributed by atoms with Gasteiger partial charge in [0.25, 0.3) is 0 Å². The van der Waals surface area contributed by atoms with Crippen molar-refractivity contribution in [3.8, 4) is 5.75 Å². The molecule has 0 saturated carbocycles. The van der Waals surface area contributed by atoms with Gasteiger partial charge in [-0.05, 0) is 35.2 Å². The first-order valence-electron chi connectivity index (χ1n) is 12.0. The van der Waals surface area contributed by atoms with Crippen LogP contribution >= 0.6 is 0 Å². The highest BCUT2D eigenvalue weighted by molar-refractivity contribution is 5.72. The van der Waals surface area contributed by atoms with Gasteiger partial charge in [0.05, 0.1) is 25.3 Å². The third-order valence-corrected chi connectivity index (χ3v) is 6.30. The van der Waals surface area contributed by atoms with Crippen molar-refractivity contribution >= 4 is 5.97 Å². The van der Waals surface area contributed by atoms with Crippen LogP contribution in [0.2, 0.25) is 0 Å². The Balaban J connectivity index is 1.60. The monoisotopic (exact) mass is 481 g/mol. The van der Waals surface area contributed by atoms with Gasteiger partial charge in [0.15, 0.2) is 0 Å². The molecule has 0 saturated heterocycles. The first kappa shape index (κ1) is 25.2. The number of ether oxygens (including phenoxy) is 2. The first-order chi connectivity index (χ1) is 17.5. The second-order valence-electron chi connectivity index (χ2n) is 8.61. The highest BCUT2D eigenvalue weighted by Gasteiger charge is 2.36. The van der Waals surface area contributed by atoms with Crippen LogP contribution in [-0.4, -0.2) is 24.7 Å². The fraction of sp³-hybridized carbons (Fsp3) is 0.194. The number of hydrogen-bond acceptors (Lipinski definition) is 5. The second kappa shape index (κ2) is 11.7. The molecule has 0 aliphatic carbocycles. The molecule has 0 heterocycles. The summed E-state index contributed by atoms with van der Waals surface area (Å²) in [4.78, 5) is 13.0. The van der Waals surface area contributed by atoms with Gasteiger partial charge in [0.2, 0.25) is 0 Å². The molecule has 184 valence electrons. The maximum absolute atomic E-state index is 13.0. The summed E-state index contributed by atoms with van der Waals surface area (Å²) in [6.07, 6.45) is -0.609. The maximum atomic E-state index is 13.0. The van der Waals surface area contributed by atoms with Crippen molar-refractivity contribution in [3.63, 3.8) is 0 Å². The molecule has 4 aromatic rings. The molecule has 2 N–H and O–H groups in total. The lowest BCUT2D eigenvalue weighted by molar-refractivity contribution is -0.144. The Hall–Kier alpha value is -3.93. The van der Waals surface area contributed by atoms with Crippen molar-refractivity contribution in [1.82, 2.24) is 5.32 Å². The number of nitrogens with one attached hydrogen (secondary N) is 1. The predicted octanol–water partition coefficient (Wildman–Crippen LogP) is 5.37. The molecule has 0 aromatic heterocycles. The van der Waals surface area contributed by atoms with Crippen LogP contribution in [0, 0.1) is 0 Å². The zero-order valence-corrected chi connectivity index (χ0v) is 20.6. The number of methoxy groups -OCH3 is 1. The van der Waals surface area contributed by atoms with Gasteiger partial charge in [-0.2, -0.15) is 0 Å². The summed E-state index contributed by atoms with van der Waals surface area (Å²) in [6.45, 7) is 1.75. The van der Waals surface area contributed by atoms with Crippen LogP contribution in [0.3, 0.4) is 0 Å². The normalized spacial score (nSPS) is 12.1. The van der Waals surface area contributed by atoms with Crippen LogP contribution in [-0.2, 0) is 21.7 Å². The van der Waals surface area contributed by atoms with Crippen LogP contribution in [0.15, 0.2) is 109 Å². The standard InChI is InChI=1S/C31H31NO4/c1-23(33)24-18-19-25(29(20-24)35-2)22-36-30(34)21-32-31(26-12-6-3-7-13-26,27-14-8-4-9-15-27)28-16-10-5-11-17-28/h3-20,23,32-33H,21-22H2,1-2H3. The molecule has 0 aliphatic heterocycles. The summed E-state index contributed by atoms with van der Waals surface area (Å²) in [5.41, 5.74) is 3.78. The van der Waals surface area contributed by atoms with E-state index in [4.69, 9.17) is 9.47 Å². The number of aliphatic hydroxyl groups is 1. The highest BCUT2D eigenvalue weighted by atomic mass is 16.5. The van der Waals surface area contributed by atoms with Gasteiger partial charge < -0.3 is 14.6 Å². The van der Waals surface area contributed by atoms with E-state index in [1.54, 1.807) is 26.2 Å². The Morgan fingerprint density at radius 3 is 1.78 bits per heavy atom. The predicted molar refractivity (Wildman–Crippen MR) is 141 cm³/mol. The topological polar surface area (TPSA) is 67.8 Å². The van der Waals surface area contributed by atoms with Gasteiger partial charge in [-0.15, -0.1) is 0 Å². The van der Waals surface area contributed by atoms with Crippen molar-refractivity contribution < 1.29 is 19.4 Å². The summed E-state index contributed by atoms with van der Waals surface area (Å²) in [5, 5.41) is 13.4. The van der Waals surface area contributed by atoms with Crippen LogP contribution in [0.1, 0.15) is 40.8 Å². The van der Waals surface area contributed by atoms with E-state index in [0.717, 1.165) is 27.8 Å². The molecule has 4 aromatic carbocycles. The molecule has 1 unspecified atom stereocenters. The van der Waals surface area contributed by atoms with E-state index in [9.17, 15) is 9.90 Å². The molecule has 36 heavy (non-hydrogen) atoms. The van der Waals surface area contributed by atoms with Gasteiger partial charge >= 0.3 is 5.97 Å². The van der Waals surface area contributed by atoms with Crippen molar-refractivity contribution in [1.29, 1.82) is 0 Å². The average molecular weight is 482 g/mol. The molecular formula is C31H31NO4. The van der Waals surface area contributed by atoms with Gasteiger partial charge in [-0.1, -0.05) is 103 Å². The number of hydrogen-bond donors (Lipinski definition) is 2. The van der Waals surface area contributed by atoms with Crippen molar-refractivity contribution in [3.05, 3.63) is 137 Å². The smallest absolute Gasteiger partial charge is 0.320 e. The number of esters is 1. The minimum atomic E-state index is -0.751. The first-order valence-corrected chi connectivity index (χ1v) is 12.0. The molecule has 1 atom stereocenters.